The number of methoxy groups -OCH3 is 2. The SMILES string of the molecule is COc1ccc(N(CC(=O)Nc2ccc(Cc3ccncc3)cc2)S(=O)(=O)c2ccc(C)cc2)cc1OC. The van der Waals surface area contributed by atoms with E-state index in [1.165, 1.54) is 32.4 Å². The second-order valence-electron chi connectivity index (χ2n) is 8.64. The van der Waals surface area contributed by atoms with Gasteiger partial charge in [0.15, 0.2) is 11.5 Å². The van der Waals surface area contributed by atoms with Gasteiger partial charge in [0.1, 0.15) is 6.54 Å². The molecule has 4 rings (SSSR count). The molecule has 0 saturated carbocycles. The van der Waals surface area contributed by atoms with Crippen LogP contribution in [0.25, 0.3) is 0 Å². The fraction of sp³-hybridized carbons (Fsp3) is 0.172. The number of aromatic nitrogens is 1. The highest BCUT2D eigenvalue weighted by Gasteiger charge is 2.28. The van der Waals surface area contributed by atoms with Gasteiger partial charge in [0.25, 0.3) is 10.0 Å². The van der Waals surface area contributed by atoms with Crippen molar-refractivity contribution in [3.63, 3.8) is 0 Å². The third-order valence-electron chi connectivity index (χ3n) is 5.95. The molecular formula is C29H29N3O5S. The Kier molecular flexibility index (Phi) is 8.28. The van der Waals surface area contributed by atoms with E-state index in [1.54, 1.807) is 48.8 Å². The fourth-order valence-electron chi connectivity index (χ4n) is 3.91. The highest BCUT2D eigenvalue weighted by atomic mass is 32.2. The van der Waals surface area contributed by atoms with Crippen molar-refractivity contribution in [3.05, 3.63) is 108 Å². The number of aryl methyl sites for hydroxylation is 1. The summed E-state index contributed by atoms with van der Waals surface area (Å²) in [7, 11) is -1.12. The summed E-state index contributed by atoms with van der Waals surface area (Å²) in [6, 6.07) is 22.5. The van der Waals surface area contributed by atoms with E-state index in [0.717, 1.165) is 27.4 Å². The van der Waals surface area contributed by atoms with Gasteiger partial charge in [0, 0.05) is 24.1 Å². The molecule has 8 nitrogen and oxygen atoms in total. The number of anilines is 2. The van der Waals surface area contributed by atoms with Crippen LogP contribution in [0, 0.1) is 6.92 Å². The van der Waals surface area contributed by atoms with E-state index >= 15 is 0 Å². The van der Waals surface area contributed by atoms with Gasteiger partial charge in [0.05, 0.1) is 24.8 Å². The highest BCUT2D eigenvalue weighted by Crippen LogP contribution is 2.34. The van der Waals surface area contributed by atoms with Crippen LogP contribution in [0.3, 0.4) is 0 Å². The number of carbonyl (C=O) groups is 1. The molecule has 0 saturated heterocycles. The zero-order valence-electron chi connectivity index (χ0n) is 21.4. The molecule has 0 spiro atoms. The van der Waals surface area contributed by atoms with Crippen LogP contribution in [0.2, 0.25) is 0 Å². The van der Waals surface area contributed by atoms with Crippen LogP contribution in [0.1, 0.15) is 16.7 Å². The molecule has 9 heteroatoms. The molecule has 1 amide bonds. The number of carbonyl (C=O) groups excluding carboxylic acids is 1. The van der Waals surface area contributed by atoms with Gasteiger partial charge in [-0.1, -0.05) is 29.8 Å². The largest absolute Gasteiger partial charge is 0.493 e. The lowest BCUT2D eigenvalue weighted by Crippen LogP contribution is -2.38. The molecule has 0 atom stereocenters. The quantitative estimate of drug-likeness (QED) is 0.315. The highest BCUT2D eigenvalue weighted by molar-refractivity contribution is 7.92. The molecule has 1 N–H and O–H groups in total. The number of amides is 1. The van der Waals surface area contributed by atoms with Crippen LogP contribution in [0.5, 0.6) is 11.5 Å². The Morgan fingerprint density at radius 1 is 0.842 bits per heavy atom. The summed E-state index contributed by atoms with van der Waals surface area (Å²) in [4.78, 5) is 17.2. The first-order valence-electron chi connectivity index (χ1n) is 11.9. The Morgan fingerprint density at radius 3 is 2.11 bits per heavy atom. The maximum atomic E-state index is 13.7. The van der Waals surface area contributed by atoms with Crippen molar-refractivity contribution >= 4 is 27.3 Å². The molecule has 38 heavy (non-hydrogen) atoms. The Labute approximate surface area is 222 Å². The monoisotopic (exact) mass is 531 g/mol. The molecular weight excluding hydrogens is 502 g/mol. The minimum atomic E-state index is -4.07. The minimum absolute atomic E-state index is 0.0751. The smallest absolute Gasteiger partial charge is 0.264 e. The number of nitrogens with zero attached hydrogens (tertiary/aromatic N) is 2. The molecule has 0 unspecified atom stereocenters. The van der Waals surface area contributed by atoms with E-state index in [2.05, 4.69) is 10.3 Å². The molecule has 0 radical (unpaired) electrons. The summed E-state index contributed by atoms with van der Waals surface area (Å²) in [5.41, 5.74) is 3.96. The van der Waals surface area contributed by atoms with Gasteiger partial charge in [-0.05, 0) is 73.0 Å². The zero-order valence-corrected chi connectivity index (χ0v) is 22.2. The Hall–Kier alpha value is -4.37. The van der Waals surface area contributed by atoms with E-state index in [4.69, 9.17) is 9.47 Å². The maximum absolute atomic E-state index is 13.7. The molecule has 3 aromatic carbocycles. The van der Waals surface area contributed by atoms with Gasteiger partial charge in [0.2, 0.25) is 5.91 Å². The van der Waals surface area contributed by atoms with Crippen LogP contribution >= 0.6 is 0 Å². The fourth-order valence-corrected chi connectivity index (χ4v) is 5.32. The summed E-state index contributed by atoms with van der Waals surface area (Å²) >= 11 is 0. The van der Waals surface area contributed by atoms with E-state index in [1.807, 2.05) is 31.2 Å². The number of benzene rings is 3. The molecule has 0 aliphatic heterocycles. The first-order valence-corrected chi connectivity index (χ1v) is 13.3. The Balaban J connectivity index is 1.58. The van der Waals surface area contributed by atoms with E-state index in [-0.39, 0.29) is 10.6 Å². The molecule has 1 aromatic heterocycles. The van der Waals surface area contributed by atoms with Crippen LogP contribution in [0.4, 0.5) is 11.4 Å². The summed E-state index contributed by atoms with van der Waals surface area (Å²) in [6.07, 6.45) is 4.23. The lowest BCUT2D eigenvalue weighted by Gasteiger charge is -2.25. The van der Waals surface area contributed by atoms with Crippen LogP contribution in [0.15, 0.2) is 96.2 Å². The van der Waals surface area contributed by atoms with Crippen LogP contribution < -0.4 is 19.1 Å². The third-order valence-corrected chi connectivity index (χ3v) is 7.73. The lowest BCUT2D eigenvalue weighted by atomic mass is 10.1. The number of nitrogens with one attached hydrogen (secondary N) is 1. The molecule has 4 aromatic rings. The number of rotatable bonds is 10. The first kappa shape index (κ1) is 26.7. The summed E-state index contributed by atoms with van der Waals surface area (Å²) in [6.45, 7) is 1.43. The number of hydrogen-bond acceptors (Lipinski definition) is 6. The van der Waals surface area contributed by atoms with Crippen molar-refractivity contribution in [3.8, 4) is 11.5 Å². The van der Waals surface area contributed by atoms with Crippen molar-refractivity contribution in [2.24, 2.45) is 0 Å². The van der Waals surface area contributed by atoms with Gasteiger partial charge < -0.3 is 14.8 Å². The molecule has 0 fully saturated rings. The average Bonchev–Trinajstić information content (AvgIpc) is 2.93. The van der Waals surface area contributed by atoms with Gasteiger partial charge in [-0.2, -0.15) is 0 Å². The topological polar surface area (TPSA) is 97.8 Å². The molecule has 0 bridgehead atoms. The summed E-state index contributed by atoms with van der Waals surface area (Å²) < 4.78 is 39.1. The van der Waals surface area contributed by atoms with Crippen molar-refractivity contribution in [2.75, 3.05) is 30.4 Å². The van der Waals surface area contributed by atoms with Gasteiger partial charge in [-0.15, -0.1) is 0 Å². The van der Waals surface area contributed by atoms with Crippen molar-refractivity contribution < 1.29 is 22.7 Å². The van der Waals surface area contributed by atoms with Gasteiger partial charge >= 0.3 is 0 Å². The first-order chi connectivity index (χ1) is 18.3. The van der Waals surface area contributed by atoms with Crippen molar-refractivity contribution in [2.45, 2.75) is 18.2 Å². The molecule has 0 aliphatic rings. The van der Waals surface area contributed by atoms with Crippen molar-refractivity contribution in [1.82, 2.24) is 4.98 Å². The zero-order chi connectivity index (χ0) is 27.1. The molecule has 1 heterocycles. The van der Waals surface area contributed by atoms with Crippen LogP contribution in [-0.2, 0) is 21.2 Å². The number of hydrogen-bond donors (Lipinski definition) is 1. The maximum Gasteiger partial charge on any atom is 0.264 e. The summed E-state index contributed by atoms with van der Waals surface area (Å²) in [5, 5.41) is 2.81. The minimum Gasteiger partial charge on any atom is -0.493 e. The summed E-state index contributed by atoms with van der Waals surface area (Å²) in [5.74, 6) is 0.303. The predicted molar refractivity (Wildman–Crippen MR) is 147 cm³/mol. The standard InChI is InChI=1S/C29H29N3O5S/c1-21-4-11-26(12-5-21)38(34,35)32(25-10-13-27(36-2)28(19-25)37-3)20-29(33)31-24-8-6-22(7-9-24)18-23-14-16-30-17-15-23/h4-17,19H,18,20H2,1-3H3,(H,31,33). The second-order valence-corrected chi connectivity index (χ2v) is 10.5. The number of ether oxygens (including phenoxy) is 2. The van der Waals surface area contributed by atoms with Gasteiger partial charge in [-0.3, -0.25) is 14.1 Å². The average molecular weight is 532 g/mol. The molecule has 0 aliphatic carbocycles. The number of sulfonamides is 1. The Morgan fingerprint density at radius 2 is 1.47 bits per heavy atom. The van der Waals surface area contributed by atoms with Crippen molar-refractivity contribution in [1.29, 1.82) is 0 Å². The lowest BCUT2D eigenvalue weighted by molar-refractivity contribution is -0.114. The van der Waals surface area contributed by atoms with E-state index < -0.39 is 22.5 Å². The molecule has 196 valence electrons. The normalized spacial score (nSPS) is 11.0. The predicted octanol–water partition coefficient (Wildman–Crippen LogP) is 4.83. The van der Waals surface area contributed by atoms with E-state index in [9.17, 15) is 13.2 Å². The Bertz CT molecular complexity index is 1490. The van der Waals surface area contributed by atoms with Gasteiger partial charge in [-0.25, -0.2) is 8.42 Å². The third kappa shape index (κ3) is 6.30. The van der Waals surface area contributed by atoms with E-state index in [0.29, 0.717) is 17.2 Å². The second kappa shape index (κ2) is 11.8. The number of pyridine rings is 1. The van der Waals surface area contributed by atoms with Crippen LogP contribution in [-0.4, -0.2) is 40.1 Å².